The van der Waals surface area contributed by atoms with Gasteiger partial charge in [0.15, 0.2) is 10.9 Å². The predicted octanol–water partition coefficient (Wildman–Crippen LogP) is 2.48. The molecule has 1 aromatic carbocycles. The van der Waals surface area contributed by atoms with Crippen molar-refractivity contribution in [3.8, 4) is 0 Å². The number of carbonyl (C=O) groups excluding carboxylic acids is 1. The van der Waals surface area contributed by atoms with Gasteiger partial charge in [-0.25, -0.2) is 0 Å². The Hall–Kier alpha value is -3.00. The van der Waals surface area contributed by atoms with E-state index in [0.29, 0.717) is 22.1 Å². The molecule has 1 amide bonds. The minimum atomic E-state index is -0.361. The molecule has 0 fully saturated rings. The van der Waals surface area contributed by atoms with E-state index in [0.717, 1.165) is 11.1 Å². The van der Waals surface area contributed by atoms with E-state index in [-0.39, 0.29) is 18.2 Å². The van der Waals surface area contributed by atoms with E-state index >= 15 is 0 Å². The third-order valence-electron chi connectivity index (χ3n) is 3.70. The third kappa shape index (κ3) is 5.24. The highest BCUT2D eigenvalue weighted by atomic mass is 35.5. The second-order valence-corrected chi connectivity index (χ2v) is 5.88. The number of aromatic nitrogens is 2. The summed E-state index contributed by atoms with van der Waals surface area (Å²) in [6.07, 6.45) is 0. The van der Waals surface area contributed by atoms with E-state index in [1.54, 1.807) is 25.1 Å². The second kappa shape index (κ2) is 9.63. The molecule has 0 bridgehead atoms. The average molecular weight is 390 g/mol. The molecular weight excluding hydrogens is 370 g/mol. The zero-order valence-corrected chi connectivity index (χ0v) is 16.2. The van der Waals surface area contributed by atoms with Gasteiger partial charge >= 0.3 is 0 Å². The highest BCUT2D eigenvalue weighted by molar-refractivity contribution is 6.45. The maximum absolute atomic E-state index is 12.1. The second-order valence-electron chi connectivity index (χ2n) is 5.49. The Morgan fingerprint density at radius 3 is 2.63 bits per heavy atom. The molecule has 0 unspecified atom stereocenters. The fourth-order valence-electron chi connectivity index (χ4n) is 2.29. The molecule has 1 aromatic heterocycles. The van der Waals surface area contributed by atoms with Crippen molar-refractivity contribution in [3.63, 3.8) is 0 Å². The Morgan fingerprint density at radius 2 is 2.00 bits per heavy atom. The molecule has 0 saturated carbocycles. The Balaban J connectivity index is 2.26. The Bertz CT molecular complexity index is 866. The zero-order chi connectivity index (χ0) is 19.8. The summed E-state index contributed by atoms with van der Waals surface area (Å²) >= 11 is 5.73. The summed E-state index contributed by atoms with van der Waals surface area (Å²) in [7, 11) is 2.91. The molecule has 0 atom stereocenters. The summed E-state index contributed by atoms with van der Waals surface area (Å²) in [6.45, 7) is 3.80. The summed E-state index contributed by atoms with van der Waals surface area (Å²) in [6, 6.07) is 8.85. The van der Waals surface area contributed by atoms with Crippen molar-refractivity contribution in [1.82, 2.24) is 15.5 Å². The molecule has 142 valence electrons. The molecule has 0 spiro atoms. The largest absolute Gasteiger partial charge is 0.398 e. The van der Waals surface area contributed by atoms with Crippen LogP contribution in [0.3, 0.4) is 0 Å². The van der Waals surface area contributed by atoms with E-state index in [1.807, 2.05) is 19.1 Å². The summed E-state index contributed by atoms with van der Waals surface area (Å²) in [4.78, 5) is 22.5. The molecule has 0 aliphatic heterocycles. The molecule has 0 radical (unpaired) electrons. The smallest absolute Gasteiger partial charge is 0.273 e. The van der Waals surface area contributed by atoms with Crippen molar-refractivity contribution in [2.24, 2.45) is 10.3 Å². The standard InChI is InChI=1S/C18H20ClN5O3/c1-11-6-5-7-13(17(24-26-4)18(25)20-3)14(11)10-27-23-12(2)15-8-9-16(19)22-21-15/h5-9H,10H2,1-4H3,(H,20,25)/b23-12+,24-17+. The lowest BCUT2D eigenvalue weighted by Gasteiger charge is -2.13. The van der Waals surface area contributed by atoms with E-state index in [1.165, 1.54) is 14.2 Å². The molecule has 8 nitrogen and oxygen atoms in total. The van der Waals surface area contributed by atoms with Crippen molar-refractivity contribution >= 4 is 28.9 Å². The van der Waals surface area contributed by atoms with Gasteiger partial charge < -0.3 is 15.0 Å². The fourth-order valence-corrected chi connectivity index (χ4v) is 2.39. The molecule has 27 heavy (non-hydrogen) atoms. The highest BCUT2D eigenvalue weighted by Crippen LogP contribution is 2.17. The maximum atomic E-state index is 12.1. The van der Waals surface area contributed by atoms with Gasteiger partial charge in [-0.2, -0.15) is 0 Å². The maximum Gasteiger partial charge on any atom is 0.273 e. The SMILES string of the molecule is CNC(=O)/C(=N/OC)c1cccc(C)c1CO/N=C(\C)c1ccc(Cl)nn1. The number of aryl methyl sites for hydroxylation is 1. The van der Waals surface area contributed by atoms with E-state index < -0.39 is 0 Å². The number of nitrogens with zero attached hydrogens (tertiary/aromatic N) is 4. The van der Waals surface area contributed by atoms with Gasteiger partial charge in [0.05, 0.1) is 0 Å². The first-order valence-corrected chi connectivity index (χ1v) is 8.44. The van der Waals surface area contributed by atoms with Gasteiger partial charge in [0, 0.05) is 18.2 Å². The number of hydrogen-bond donors (Lipinski definition) is 1. The molecule has 0 aliphatic carbocycles. The lowest BCUT2D eigenvalue weighted by molar-refractivity contribution is -0.114. The Morgan fingerprint density at radius 1 is 1.22 bits per heavy atom. The number of hydrogen-bond acceptors (Lipinski definition) is 7. The molecular formula is C18H20ClN5O3. The number of carbonyl (C=O) groups is 1. The summed E-state index contributed by atoms with van der Waals surface area (Å²) < 4.78 is 0. The summed E-state index contributed by atoms with van der Waals surface area (Å²) in [5, 5.41) is 18.5. The molecule has 2 aromatic rings. The zero-order valence-electron chi connectivity index (χ0n) is 15.5. The average Bonchev–Trinajstić information content (AvgIpc) is 2.67. The molecule has 9 heteroatoms. The van der Waals surface area contributed by atoms with Crippen LogP contribution in [0.1, 0.15) is 29.3 Å². The number of oxime groups is 2. The quantitative estimate of drug-likeness (QED) is 0.579. The summed E-state index contributed by atoms with van der Waals surface area (Å²) in [5.74, 6) is -0.361. The van der Waals surface area contributed by atoms with Gasteiger partial charge in [0.2, 0.25) is 0 Å². The van der Waals surface area contributed by atoms with Gasteiger partial charge in [0.25, 0.3) is 5.91 Å². The molecule has 2 rings (SSSR count). The first kappa shape index (κ1) is 20.3. The lowest BCUT2D eigenvalue weighted by Crippen LogP contribution is -2.29. The minimum absolute atomic E-state index is 0.139. The van der Waals surface area contributed by atoms with Gasteiger partial charge in [-0.05, 0) is 31.5 Å². The van der Waals surface area contributed by atoms with Gasteiger partial charge in [-0.3, -0.25) is 4.79 Å². The molecule has 0 saturated heterocycles. The van der Waals surface area contributed by atoms with Crippen LogP contribution in [0.15, 0.2) is 40.6 Å². The fraction of sp³-hybridized carbons (Fsp3) is 0.278. The lowest BCUT2D eigenvalue weighted by atomic mass is 9.98. The van der Waals surface area contributed by atoms with Crippen LogP contribution >= 0.6 is 11.6 Å². The predicted molar refractivity (Wildman–Crippen MR) is 103 cm³/mol. The van der Waals surface area contributed by atoms with Crippen molar-refractivity contribution in [3.05, 3.63) is 57.9 Å². The van der Waals surface area contributed by atoms with E-state index in [9.17, 15) is 4.79 Å². The van der Waals surface area contributed by atoms with Crippen molar-refractivity contribution < 1.29 is 14.5 Å². The number of rotatable bonds is 7. The summed E-state index contributed by atoms with van der Waals surface area (Å²) in [5.41, 5.74) is 3.57. The normalized spacial score (nSPS) is 11.9. The van der Waals surface area contributed by atoms with Crippen LogP contribution in [0.2, 0.25) is 5.15 Å². The van der Waals surface area contributed by atoms with Crippen LogP contribution in [0.5, 0.6) is 0 Å². The van der Waals surface area contributed by atoms with Crippen molar-refractivity contribution in [2.75, 3.05) is 14.2 Å². The highest BCUT2D eigenvalue weighted by Gasteiger charge is 2.19. The van der Waals surface area contributed by atoms with Gasteiger partial charge in [0.1, 0.15) is 25.1 Å². The number of nitrogens with one attached hydrogen (secondary N) is 1. The van der Waals surface area contributed by atoms with Crippen LogP contribution in [-0.4, -0.2) is 41.7 Å². The van der Waals surface area contributed by atoms with Gasteiger partial charge in [-0.15, -0.1) is 10.2 Å². The first-order chi connectivity index (χ1) is 13.0. The number of benzene rings is 1. The topological polar surface area (TPSA) is 98.1 Å². The molecule has 1 heterocycles. The van der Waals surface area contributed by atoms with Gasteiger partial charge in [-0.1, -0.05) is 40.1 Å². The van der Waals surface area contributed by atoms with Crippen LogP contribution < -0.4 is 5.32 Å². The van der Waals surface area contributed by atoms with Crippen LogP contribution in [0, 0.1) is 6.92 Å². The Kier molecular flexibility index (Phi) is 7.25. The number of halogens is 1. The first-order valence-electron chi connectivity index (χ1n) is 8.06. The van der Waals surface area contributed by atoms with Crippen LogP contribution in [-0.2, 0) is 21.1 Å². The monoisotopic (exact) mass is 389 g/mol. The van der Waals surface area contributed by atoms with Crippen LogP contribution in [0.25, 0.3) is 0 Å². The van der Waals surface area contributed by atoms with E-state index in [2.05, 4.69) is 25.8 Å². The minimum Gasteiger partial charge on any atom is -0.398 e. The van der Waals surface area contributed by atoms with Crippen molar-refractivity contribution in [1.29, 1.82) is 0 Å². The van der Waals surface area contributed by atoms with E-state index in [4.69, 9.17) is 21.3 Å². The molecule has 0 aliphatic rings. The number of likely N-dealkylation sites (N-methyl/N-ethyl adjacent to an activating group) is 1. The Labute approximate surface area is 162 Å². The third-order valence-corrected chi connectivity index (χ3v) is 3.90. The van der Waals surface area contributed by atoms with Crippen LogP contribution in [0.4, 0.5) is 0 Å². The van der Waals surface area contributed by atoms with Crippen molar-refractivity contribution in [2.45, 2.75) is 20.5 Å². The number of amides is 1. The molecule has 1 N–H and O–H groups in total.